The van der Waals surface area contributed by atoms with Gasteiger partial charge < -0.3 is 11.1 Å². The summed E-state index contributed by atoms with van der Waals surface area (Å²) in [6, 6.07) is 0. The van der Waals surface area contributed by atoms with Crippen molar-refractivity contribution >= 4 is 5.91 Å². The van der Waals surface area contributed by atoms with Gasteiger partial charge in [0.25, 0.3) is 5.91 Å². The number of aromatic nitrogens is 2. The van der Waals surface area contributed by atoms with Gasteiger partial charge in [0.05, 0.1) is 17.3 Å². The maximum atomic E-state index is 12.2. The third-order valence-corrected chi connectivity index (χ3v) is 4.08. The van der Waals surface area contributed by atoms with E-state index in [2.05, 4.69) is 22.4 Å². The Kier molecular flexibility index (Phi) is 3.71. The molecule has 1 aromatic heterocycles. The van der Waals surface area contributed by atoms with E-state index in [1.54, 1.807) is 6.20 Å². The average Bonchev–Trinajstić information content (AvgIpc) is 2.79. The number of rotatable bonds is 3. The zero-order valence-corrected chi connectivity index (χ0v) is 11.1. The zero-order chi connectivity index (χ0) is 13.2. The molecular formula is C13H22N4O. The van der Waals surface area contributed by atoms with Crippen LogP contribution in [0, 0.1) is 12.8 Å². The normalized spacial score (nSPS) is 28.1. The van der Waals surface area contributed by atoms with Crippen LogP contribution < -0.4 is 11.1 Å². The highest BCUT2D eigenvalue weighted by molar-refractivity contribution is 5.95. The van der Waals surface area contributed by atoms with Crippen molar-refractivity contribution in [2.24, 2.45) is 11.7 Å². The van der Waals surface area contributed by atoms with E-state index in [9.17, 15) is 4.79 Å². The molecule has 0 radical (unpaired) electrons. The van der Waals surface area contributed by atoms with Crippen molar-refractivity contribution in [1.82, 2.24) is 15.5 Å². The van der Waals surface area contributed by atoms with Gasteiger partial charge in [0.2, 0.25) is 0 Å². The van der Waals surface area contributed by atoms with Crippen molar-refractivity contribution < 1.29 is 4.79 Å². The van der Waals surface area contributed by atoms with E-state index in [4.69, 9.17) is 5.73 Å². The summed E-state index contributed by atoms with van der Waals surface area (Å²) in [5.74, 6) is 0.665. The van der Waals surface area contributed by atoms with E-state index in [-0.39, 0.29) is 11.4 Å². The van der Waals surface area contributed by atoms with Gasteiger partial charge in [-0.3, -0.25) is 9.89 Å². The second kappa shape index (κ2) is 5.10. The van der Waals surface area contributed by atoms with Crippen LogP contribution >= 0.6 is 0 Å². The summed E-state index contributed by atoms with van der Waals surface area (Å²) in [6.45, 7) is 4.60. The fraction of sp³-hybridized carbons (Fsp3) is 0.692. The molecule has 2 rings (SSSR count). The Balaban J connectivity index is 2.07. The van der Waals surface area contributed by atoms with E-state index in [0.29, 0.717) is 12.1 Å². The van der Waals surface area contributed by atoms with Crippen molar-refractivity contribution in [1.29, 1.82) is 0 Å². The predicted molar refractivity (Wildman–Crippen MR) is 70.2 cm³/mol. The minimum absolute atomic E-state index is 0.0683. The summed E-state index contributed by atoms with van der Waals surface area (Å²) in [4.78, 5) is 12.2. The van der Waals surface area contributed by atoms with Crippen LogP contribution in [-0.2, 0) is 0 Å². The van der Waals surface area contributed by atoms with Crippen molar-refractivity contribution in [3.8, 4) is 0 Å². The first kappa shape index (κ1) is 13.1. The lowest BCUT2D eigenvalue weighted by atomic mass is 9.77. The molecule has 18 heavy (non-hydrogen) atoms. The Morgan fingerprint density at radius 2 is 2.28 bits per heavy atom. The SMILES string of the molecule is Cc1[nH]ncc1C(=O)NC1(CN)CCC(C)CC1. The maximum Gasteiger partial charge on any atom is 0.255 e. The van der Waals surface area contributed by atoms with E-state index in [0.717, 1.165) is 37.3 Å². The summed E-state index contributed by atoms with van der Waals surface area (Å²) in [5.41, 5.74) is 7.06. The summed E-state index contributed by atoms with van der Waals surface area (Å²) in [6.07, 6.45) is 5.75. The lowest BCUT2D eigenvalue weighted by molar-refractivity contribution is 0.0859. The molecule has 1 saturated carbocycles. The largest absolute Gasteiger partial charge is 0.345 e. The van der Waals surface area contributed by atoms with Gasteiger partial charge in [0.1, 0.15) is 0 Å². The third kappa shape index (κ3) is 2.56. The van der Waals surface area contributed by atoms with Crippen molar-refractivity contribution in [3.63, 3.8) is 0 Å². The molecule has 0 spiro atoms. The first-order valence-corrected chi connectivity index (χ1v) is 6.59. The van der Waals surface area contributed by atoms with Crippen LogP contribution in [0.25, 0.3) is 0 Å². The summed E-state index contributed by atoms with van der Waals surface area (Å²) in [5, 5.41) is 9.78. The van der Waals surface area contributed by atoms with Gasteiger partial charge >= 0.3 is 0 Å². The van der Waals surface area contributed by atoms with Crippen LogP contribution in [-0.4, -0.2) is 28.2 Å². The van der Waals surface area contributed by atoms with Crippen LogP contribution in [0.4, 0.5) is 0 Å². The maximum absolute atomic E-state index is 12.2. The second-order valence-electron chi connectivity index (χ2n) is 5.53. The number of nitrogens with one attached hydrogen (secondary N) is 2. The molecule has 100 valence electrons. The number of aromatic amines is 1. The summed E-state index contributed by atoms with van der Waals surface area (Å²) in [7, 11) is 0. The molecule has 0 aliphatic heterocycles. The van der Waals surface area contributed by atoms with Crippen molar-refractivity contribution in [2.45, 2.75) is 45.1 Å². The lowest BCUT2D eigenvalue weighted by Crippen LogP contribution is -2.55. The fourth-order valence-corrected chi connectivity index (χ4v) is 2.58. The van der Waals surface area contributed by atoms with E-state index in [1.165, 1.54) is 0 Å². The fourth-order valence-electron chi connectivity index (χ4n) is 2.58. The molecule has 1 aliphatic carbocycles. The minimum atomic E-state index is -0.229. The van der Waals surface area contributed by atoms with Crippen LogP contribution in [0.1, 0.15) is 48.7 Å². The van der Waals surface area contributed by atoms with E-state index < -0.39 is 0 Å². The van der Waals surface area contributed by atoms with E-state index in [1.807, 2.05) is 6.92 Å². The highest BCUT2D eigenvalue weighted by Crippen LogP contribution is 2.31. The first-order valence-electron chi connectivity index (χ1n) is 6.59. The van der Waals surface area contributed by atoms with Crippen LogP contribution in [0.5, 0.6) is 0 Å². The number of amides is 1. The number of hydrogen-bond acceptors (Lipinski definition) is 3. The van der Waals surface area contributed by atoms with Crippen LogP contribution in [0.15, 0.2) is 6.20 Å². The molecule has 0 unspecified atom stereocenters. The Morgan fingerprint density at radius 3 is 2.78 bits per heavy atom. The number of nitrogens with two attached hydrogens (primary N) is 1. The Labute approximate surface area is 108 Å². The Bertz CT molecular complexity index is 418. The smallest absolute Gasteiger partial charge is 0.255 e. The van der Waals surface area contributed by atoms with Gasteiger partial charge in [0, 0.05) is 12.2 Å². The molecule has 0 aromatic carbocycles. The van der Waals surface area contributed by atoms with Gasteiger partial charge in [-0.2, -0.15) is 5.10 Å². The van der Waals surface area contributed by atoms with Crippen molar-refractivity contribution in [3.05, 3.63) is 17.5 Å². The van der Waals surface area contributed by atoms with Gasteiger partial charge in [-0.05, 0) is 38.5 Å². The first-order chi connectivity index (χ1) is 8.56. The molecule has 0 atom stereocenters. The van der Waals surface area contributed by atoms with Crippen LogP contribution in [0.3, 0.4) is 0 Å². The number of nitrogens with zero attached hydrogens (tertiary/aromatic N) is 1. The molecule has 1 heterocycles. The molecule has 1 fully saturated rings. The van der Waals surface area contributed by atoms with E-state index >= 15 is 0 Å². The molecular weight excluding hydrogens is 228 g/mol. The standard InChI is InChI=1S/C13H22N4O/c1-9-3-5-13(8-14,6-4-9)16-12(18)11-7-15-17-10(11)2/h7,9H,3-6,8,14H2,1-2H3,(H,15,17)(H,16,18). The predicted octanol–water partition coefficient (Wildman–Crippen LogP) is 1.36. The third-order valence-electron chi connectivity index (χ3n) is 4.08. The number of hydrogen-bond donors (Lipinski definition) is 3. The number of aryl methyl sites for hydroxylation is 1. The Hall–Kier alpha value is -1.36. The molecule has 1 amide bonds. The highest BCUT2D eigenvalue weighted by atomic mass is 16.1. The van der Waals surface area contributed by atoms with Gasteiger partial charge in [-0.25, -0.2) is 0 Å². The van der Waals surface area contributed by atoms with Crippen molar-refractivity contribution in [2.75, 3.05) is 6.54 Å². The number of H-pyrrole nitrogens is 1. The topological polar surface area (TPSA) is 83.8 Å². The monoisotopic (exact) mass is 250 g/mol. The minimum Gasteiger partial charge on any atom is -0.345 e. The quantitative estimate of drug-likeness (QED) is 0.757. The highest BCUT2D eigenvalue weighted by Gasteiger charge is 2.34. The number of carbonyl (C=O) groups excluding carboxylic acids is 1. The summed E-state index contributed by atoms with van der Waals surface area (Å²) >= 11 is 0. The van der Waals surface area contributed by atoms with Gasteiger partial charge in [0.15, 0.2) is 0 Å². The molecule has 5 heteroatoms. The van der Waals surface area contributed by atoms with Crippen LogP contribution in [0.2, 0.25) is 0 Å². The lowest BCUT2D eigenvalue weighted by Gasteiger charge is -2.39. The average molecular weight is 250 g/mol. The number of carbonyl (C=O) groups is 1. The zero-order valence-electron chi connectivity index (χ0n) is 11.1. The van der Waals surface area contributed by atoms with Gasteiger partial charge in [-0.15, -0.1) is 0 Å². The molecule has 0 bridgehead atoms. The molecule has 1 aliphatic rings. The molecule has 4 N–H and O–H groups in total. The second-order valence-corrected chi connectivity index (χ2v) is 5.53. The Morgan fingerprint density at radius 1 is 1.61 bits per heavy atom. The molecule has 5 nitrogen and oxygen atoms in total. The molecule has 1 aromatic rings. The summed E-state index contributed by atoms with van der Waals surface area (Å²) < 4.78 is 0. The molecule has 0 saturated heterocycles. The van der Waals surface area contributed by atoms with Gasteiger partial charge in [-0.1, -0.05) is 6.92 Å².